The lowest BCUT2D eigenvalue weighted by molar-refractivity contribution is 0.582. The van der Waals surface area contributed by atoms with Gasteiger partial charge in [0.05, 0.1) is 10.6 Å². The molecule has 0 radical (unpaired) electrons. The predicted octanol–water partition coefficient (Wildman–Crippen LogP) is 3.98. The van der Waals surface area contributed by atoms with Crippen molar-refractivity contribution in [3.63, 3.8) is 0 Å². The predicted molar refractivity (Wildman–Crippen MR) is 96.6 cm³/mol. The van der Waals surface area contributed by atoms with E-state index in [9.17, 15) is 17.2 Å². The zero-order chi connectivity index (χ0) is 20.0. The molecule has 0 aliphatic carbocycles. The van der Waals surface area contributed by atoms with E-state index in [0.717, 1.165) is 28.4 Å². The number of sulfone groups is 1. The Morgan fingerprint density at radius 1 is 1.00 bits per heavy atom. The van der Waals surface area contributed by atoms with Gasteiger partial charge in [-0.15, -0.1) is 5.10 Å². The van der Waals surface area contributed by atoms with Gasteiger partial charge in [-0.1, -0.05) is 38.1 Å². The van der Waals surface area contributed by atoms with Crippen LogP contribution < -0.4 is 0 Å². The number of rotatable bonds is 3. The van der Waals surface area contributed by atoms with Crippen LogP contribution in [0.4, 0.5) is 8.78 Å². The molecule has 3 rings (SSSR count). The molecule has 2 aromatic carbocycles. The summed E-state index contributed by atoms with van der Waals surface area (Å²) < 4.78 is 54.3. The van der Waals surface area contributed by atoms with Crippen LogP contribution in [0, 0.1) is 18.6 Å². The lowest BCUT2D eigenvalue weighted by Gasteiger charge is -2.19. The minimum atomic E-state index is -3.95. The lowest BCUT2D eigenvalue weighted by Crippen LogP contribution is -2.12. The molecule has 0 aliphatic rings. The topological polar surface area (TPSA) is 64.8 Å². The summed E-state index contributed by atoms with van der Waals surface area (Å²) in [6.07, 6.45) is 0. The normalized spacial score (nSPS) is 12.4. The van der Waals surface area contributed by atoms with E-state index in [1.807, 2.05) is 20.8 Å². The second kappa shape index (κ2) is 6.53. The summed E-state index contributed by atoms with van der Waals surface area (Å²) in [6.45, 7) is 7.53. The number of aromatic nitrogens is 3. The molecule has 0 spiro atoms. The van der Waals surface area contributed by atoms with Gasteiger partial charge in [0.1, 0.15) is 17.3 Å². The summed E-state index contributed by atoms with van der Waals surface area (Å²) in [6, 6.07) is 9.38. The summed E-state index contributed by atoms with van der Waals surface area (Å²) in [7, 11) is -3.95. The molecule has 0 saturated heterocycles. The molecule has 5 nitrogen and oxygen atoms in total. The van der Waals surface area contributed by atoms with E-state index in [0.29, 0.717) is 0 Å². The van der Waals surface area contributed by atoms with Crippen molar-refractivity contribution in [1.29, 1.82) is 0 Å². The Bertz CT molecular complexity index is 1100. The molecular weight excluding hydrogens is 372 g/mol. The average Bonchev–Trinajstić information content (AvgIpc) is 2.98. The fourth-order valence-electron chi connectivity index (χ4n) is 2.69. The summed E-state index contributed by atoms with van der Waals surface area (Å²) in [5, 5.41) is 7.14. The van der Waals surface area contributed by atoms with Crippen molar-refractivity contribution in [2.24, 2.45) is 0 Å². The van der Waals surface area contributed by atoms with Crippen molar-refractivity contribution in [2.75, 3.05) is 0 Å². The van der Waals surface area contributed by atoms with Crippen molar-refractivity contribution in [3.05, 3.63) is 65.4 Å². The van der Waals surface area contributed by atoms with E-state index in [1.165, 1.54) is 19.1 Å². The van der Waals surface area contributed by atoms with Crippen LogP contribution in [0.15, 0.2) is 52.4 Å². The van der Waals surface area contributed by atoms with E-state index in [-0.39, 0.29) is 26.7 Å². The largest absolute Gasteiger partial charge is 0.227 e. The van der Waals surface area contributed by atoms with Crippen molar-refractivity contribution in [3.8, 4) is 5.69 Å². The lowest BCUT2D eigenvalue weighted by atomic mass is 9.87. The first kappa shape index (κ1) is 19.2. The molecule has 0 atom stereocenters. The minimum Gasteiger partial charge on any atom is -0.217 e. The maximum atomic E-state index is 14.0. The number of halogens is 2. The Balaban J connectivity index is 2.06. The van der Waals surface area contributed by atoms with Gasteiger partial charge in [0.2, 0.25) is 14.9 Å². The molecule has 142 valence electrons. The maximum absolute atomic E-state index is 14.0. The van der Waals surface area contributed by atoms with Gasteiger partial charge in [-0.25, -0.2) is 21.9 Å². The molecule has 0 unspecified atom stereocenters. The second-order valence-corrected chi connectivity index (χ2v) is 9.13. The standard InChI is InChI=1S/C19H19F2N3O2S/c1-12-18(22-23-24(12)17-11-14(20)7-10-16(17)21)27(25,26)15-8-5-13(6-9-15)19(2,3)4/h5-11H,1-4H3. The SMILES string of the molecule is Cc1c(S(=O)(=O)c2ccc(C(C)(C)C)cc2)nnn1-c1cc(F)ccc1F. The summed E-state index contributed by atoms with van der Waals surface area (Å²) in [4.78, 5) is 0.0605. The number of benzene rings is 2. The van der Waals surface area contributed by atoms with Gasteiger partial charge >= 0.3 is 0 Å². The summed E-state index contributed by atoms with van der Waals surface area (Å²) in [5.74, 6) is -1.40. The third-order valence-corrected chi connectivity index (χ3v) is 6.05. The Morgan fingerprint density at radius 2 is 1.63 bits per heavy atom. The summed E-state index contributed by atoms with van der Waals surface area (Å²) in [5.41, 5.74) is 0.767. The molecule has 3 aromatic rings. The number of hydrogen-bond donors (Lipinski definition) is 0. The monoisotopic (exact) mass is 391 g/mol. The molecule has 27 heavy (non-hydrogen) atoms. The van der Waals surface area contributed by atoms with Crippen LogP contribution in [0.25, 0.3) is 5.69 Å². The molecular formula is C19H19F2N3O2S. The number of hydrogen-bond acceptors (Lipinski definition) is 4. The molecule has 0 fully saturated rings. The van der Waals surface area contributed by atoms with Crippen molar-refractivity contribution in [2.45, 2.75) is 43.0 Å². The molecule has 0 bridgehead atoms. The molecule has 0 saturated carbocycles. The zero-order valence-electron chi connectivity index (χ0n) is 15.4. The third-order valence-electron chi connectivity index (χ3n) is 4.27. The highest BCUT2D eigenvalue weighted by atomic mass is 32.2. The van der Waals surface area contributed by atoms with Crippen LogP contribution in [0.5, 0.6) is 0 Å². The van der Waals surface area contributed by atoms with Crippen LogP contribution in [0.2, 0.25) is 0 Å². The van der Waals surface area contributed by atoms with E-state index in [2.05, 4.69) is 10.3 Å². The van der Waals surface area contributed by atoms with Crippen molar-refractivity contribution >= 4 is 9.84 Å². The highest BCUT2D eigenvalue weighted by Gasteiger charge is 2.27. The first-order chi connectivity index (χ1) is 12.5. The summed E-state index contributed by atoms with van der Waals surface area (Å²) >= 11 is 0. The maximum Gasteiger partial charge on any atom is 0.227 e. The average molecular weight is 391 g/mol. The zero-order valence-corrected chi connectivity index (χ0v) is 16.2. The molecule has 0 N–H and O–H groups in total. The number of nitrogens with zero attached hydrogens (tertiary/aromatic N) is 3. The highest BCUT2D eigenvalue weighted by Crippen LogP contribution is 2.27. The second-order valence-electron chi connectivity index (χ2n) is 7.27. The third kappa shape index (κ3) is 3.49. The fourth-order valence-corrected chi connectivity index (χ4v) is 4.02. The molecule has 8 heteroatoms. The van der Waals surface area contributed by atoms with Gasteiger partial charge in [-0.05, 0) is 42.2 Å². The van der Waals surface area contributed by atoms with E-state index in [1.54, 1.807) is 12.1 Å². The van der Waals surface area contributed by atoms with Gasteiger partial charge in [0.25, 0.3) is 0 Å². The van der Waals surface area contributed by atoms with Crippen LogP contribution in [0.3, 0.4) is 0 Å². The molecule has 1 heterocycles. The smallest absolute Gasteiger partial charge is 0.217 e. The van der Waals surface area contributed by atoms with Crippen LogP contribution in [-0.4, -0.2) is 23.4 Å². The Morgan fingerprint density at radius 3 is 2.22 bits per heavy atom. The van der Waals surface area contributed by atoms with E-state index < -0.39 is 21.5 Å². The van der Waals surface area contributed by atoms with E-state index in [4.69, 9.17) is 0 Å². The fraction of sp³-hybridized carbons (Fsp3) is 0.263. The molecule has 0 aliphatic heterocycles. The Labute approximate surface area is 156 Å². The Kier molecular flexibility index (Phi) is 4.63. The van der Waals surface area contributed by atoms with Gasteiger partial charge in [0, 0.05) is 6.07 Å². The molecule has 1 aromatic heterocycles. The highest BCUT2D eigenvalue weighted by molar-refractivity contribution is 7.91. The quantitative estimate of drug-likeness (QED) is 0.677. The van der Waals surface area contributed by atoms with E-state index >= 15 is 0 Å². The Hall–Kier alpha value is -2.61. The van der Waals surface area contributed by atoms with Crippen molar-refractivity contribution in [1.82, 2.24) is 15.0 Å². The minimum absolute atomic E-state index is 0.0605. The van der Waals surface area contributed by atoms with Gasteiger partial charge in [0.15, 0.2) is 0 Å². The first-order valence-corrected chi connectivity index (χ1v) is 9.73. The van der Waals surface area contributed by atoms with Crippen LogP contribution in [0.1, 0.15) is 32.0 Å². The van der Waals surface area contributed by atoms with Gasteiger partial charge in [-0.3, -0.25) is 0 Å². The van der Waals surface area contributed by atoms with Crippen LogP contribution in [-0.2, 0) is 15.3 Å². The van der Waals surface area contributed by atoms with Crippen LogP contribution >= 0.6 is 0 Å². The first-order valence-electron chi connectivity index (χ1n) is 8.25. The van der Waals surface area contributed by atoms with Gasteiger partial charge < -0.3 is 0 Å². The van der Waals surface area contributed by atoms with Crippen molar-refractivity contribution < 1.29 is 17.2 Å². The molecule has 0 amide bonds. The van der Waals surface area contributed by atoms with Gasteiger partial charge in [-0.2, -0.15) is 0 Å².